The van der Waals surface area contributed by atoms with E-state index in [1.54, 1.807) is 30.6 Å². The van der Waals surface area contributed by atoms with E-state index in [1.807, 2.05) is 6.92 Å². The number of carboxylic acids is 1. The van der Waals surface area contributed by atoms with Crippen molar-refractivity contribution in [2.24, 2.45) is 0 Å². The second kappa shape index (κ2) is 7.77. The van der Waals surface area contributed by atoms with Gasteiger partial charge in [-0.15, -0.1) is 11.3 Å². The van der Waals surface area contributed by atoms with Gasteiger partial charge in [0, 0.05) is 5.39 Å². The van der Waals surface area contributed by atoms with Crippen molar-refractivity contribution in [2.45, 2.75) is 26.5 Å². The first-order valence-corrected chi connectivity index (χ1v) is 8.98. The van der Waals surface area contributed by atoms with Gasteiger partial charge in [0.05, 0.1) is 28.3 Å². The minimum absolute atomic E-state index is 0.212. The van der Waals surface area contributed by atoms with Gasteiger partial charge in [-0.05, 0) is 32.0 Å². The summed E-state index contributed by atoms with van der Waals surface area (Å²) in [5, 5.41) is 20.9. The van der Waals surface area contributed by atoms with E-state index in [2.05, 4.69) is 10.3 Å². The second-order valence-electron chi connectivity index (χ2n) is 5.89. The number of hydrogen-bond acceptors (Lipinski definition) is 7. The molecular formula is C18H18N2O6S. The number of benzene rings is 1. The normalized spacial score (nSPS) is 12.1. The molecule has 0 aliphatic heterocycles. The third kappa shape index (κ3) is 3.93. The molecule has 142 valence electrons. The maximum Gasteiger partial charge on any atom is 0.328 e. The Morgan fingerprint density at radius 1 is 1.37 bits per heavy atom. The van der Waals surface area contributed by atoms with Gasteiger partial charge in [-0.1, -0.05) is 0 Å². The van der Waals surface area contributed by atoms with Crippen LogP contribution in [0, 0.1) is 13.8 Å². The predicted molar refractivity (Wildman–Crippen MR) is 98.1 cm³/mol. The maximum absolute atomic E-state index is 12.5. The number of aryl methyl sites for hydroxylation is 2. The molecule has 3 aromatic rings. The topological polar surface area (TPSA) is 122 Å². The number of amides is 1. The standard InChI is InChI=1S/C18H18N2O6S/c1-9-15(27-8-19-9)7-25-11-3-4-14-12(5-11)16(10(2)26-14)17(22)20-13(6-21)18(23)24/h3-5,8,13,21H,6-7H2,1-2H3,(H,20,22)(H,23,24). The van der Waals surface area contributed by atoms with Crippen LogP contribution >= 0.6 is 11.3 Å². The van der Waals surface area contributed by atoms with Gasteiger partial charge in [-0.3, -0.25) is 4.79 Å². The molecule has 0 fully saturated rings. The highest BCUT2D eigenvalue weighted by atomic mass is 32.1. The van der Waals surface area contributed by atoms with Crippen molar-refractivity contribution in [3.8, 4) is 5.75 Å². The number of fused-ring (bicyclic) bond motifs is 1. The number of thiazole rings is 1. The number of aliphatic hydroxyl groups is 1. The number of aromatic nitrogens is 1. The Hall–Kier alpha value is -2.91. The summed E-state index contributed by atoms with van der Waals surface area (Å²) in [6, 6.07) is 3.70. The molecule has 2 aromatic heterocycles. The molecular weight excluding hydrogens is 372 g/mol. The third-order valence-corrected chi connectivity index (χ3v) is 4.97. The molecule has 0 saturated heterocycles. The Labute approximate surface area is 158 Å². The van der Waals surface area contributed by atoms with Crippen LogP contribution in [-0.4, -0.2) is 39.7 Å². The van der Waals surface area contributed by atoms with Gasteiger partial charge in [-0.2, -0.15) is 0 Å². The molecule has 8 nitrogen and oxygen atoms in total. The summed E-state index contributed by atoms with van der Waals surface area (Å²) in [6.45, 7) is 3.16. The van der Waals surface area contributed by atoms with Crippen molar-refractivity contribution in [1.29, 1.82) is 0 Å². The SMILES string of the molecule is Cc1ncsc1COc1ccc2oc(C)c(C(=O)NC(CO)C(=O)O)c2c1. The zero-order valence-electron chi connectivity index (χ0n) is 14.7. The van der Waals surface area contributed by atoms with Crippen molar-refractivity contribution in [3.05, 3.63) is 45.6 Å². The minimum Gasteiger partial charge on any atom is -0.488 e. The Morgan fingerprint density at radius 2 is 2.15 bits per heavy atom. The van der Waals surface area contributed by atoms with E-state index in [0.29, 0.717) is 29.1 Å². The van der Waals surface area contributed by atoms with E-state index >= 15 is 0 Å². The van der Waals surface area contributed by atoms with Crippen LogP contribution in [0.3, 0.4) is 0 Å². The predicted octanol–water partition coefficient (Wildman–Crippen LogP) is 2.26. The van der Waals surface area contributed by atoms with E-state index < -0.39 is 24.5 Å². The van der Waals surface area contributed by atoms with Crippen LogP contribution < -0.4 is 10.1 Å². The molecule has 0 bridgehead atoms. The van der Waals surface area contributed by atoms with Crippen molar-refractivity contribution in [1.82, 2.24) is 10.3 Å². The van der Waals surface area contributed by atoms with Crippen LogP contribution in [0.1, 0.15) is 26.7 Å². The molecule has 0 aliphatic rings. The first kappa shape index (κ1) is 18.9. The van der Waals surface area contributed by atoms with E-state index in [0.717, 1.165) is 10.6 Å². The monoisotopic (exact) mass is 390 g/mol. The number of ether oxygens (including phenoxy) is 1. The molecule has 1 aromatic carbocycles. The van der Waals surface area contributed by atoms with Crippen LogP contribution in [0.2, 0.25) is 0 Å². The van der Waals surface area contributed by atoms with Crippen LogP contribution in [0.4, 0.5) is 0 Å². The number of carbonyl (C=O) groups excluding carboxylic acids is 1. The fraction of sp³-hybridized carbons (Fsp3) is 0.278. The number of carbonyl (C=O) groups is 2. The third-order valence-electron chi connectivity index (χ3n) is 4.06. The van der Waals surface area contributed by atoms with Crippen LogP contribution in [0.5, 0.6) is 5.75 Å². The number of hydrogen-bond donors (Lipinski definition) is 3. The first-order chi connectivity index (χ1) is 12.9. The Morgan fingerprint density at radius 3 is 2.78 bits per heavy atom. The van der Waals surface area contributed by atoms with E-state index in [1.165, 1.54) is 11.3 Å². The van der Waals surface area contributed by atoms with Crippen molar-refractivity contribution in [3.63, 3.8) is 0 Å². The summed E-state index contributed by atoms with van der Waals surface area (Å²) < 4.78 is 11.4. The number of aliphatic hydroxyl groups excluding tert-OH is 1. The van der Waals surface area contributed by atoms with E-state index in [-0.39, 0.29) is 5.56 Å². The summed E-state index contributed by atoms with van der Waals surface area (Å²) >= 11 is 1.50. The summed E-state index contributed by atoms with van der Waals surface area (Å²) in [4.78, 5) is 28.7. The van der Waals surface area contributed by atoms with Crippen molar-refractivity contribution >= 4 is 34.2 Å². The lowest BCUT2D eigenvalue weighted by molar-refractivity contribution is -0.140. The smallest absolute Gasteiger partial charge is 0.328 e. The highest BCUT2D eigenvalue weighted by molar-refractivity contribution is 7.09. The van der Waals surface area contributed by atoms with Crippen molar-refractivity contribution in [2.75, 3.05) is 6.61 Å². The number of carboxylic acid groups (broad SMARTS) is 1. The van der Waals surface area contributed by atoms with E-state index in [4.69, 9.17) is 19.4 Å². The van der Waals surface area contributed by atoms with Gasteiger partial charge in [0.15, 0.2) is 6.04 Å². The Kier molecular flexibility index (Phi) is 5.43. The quantitative estimate of drug-likeness (QED) is 0.566. The van der Waals surface area contributed by atoms with Gasteiger partial charge >= 0.3 is 5.97 Å². The molecule has 3 rings (SSSR count). The lowest BCUT2D eigenvalue weighted by atomic mass is 10.1. The number of furan rings is 1. The second-order valence-corrected chi connectivity index (χ2v) is 6.83. The summed E-state index contributed by atoms with van der Waals surface area (Å²) in [6.07, 6.45) is 0. The molecule has 3 N–H and O–H groups in total. The van der Waals surface area contributed by atoms with E-state index in [9.17, 15) is 9.59 Å². The maximum atomic E-state index is 12.5. The zero-order chi connectivity index (χ0) is 19.6. The van der Waals surface area contributed by atoms with Gasteiger partial charge in [0.1, 0.15) is 23.7 Å². The van der Waals surface area contributed by atoms with Crippen molar-refractivity contribution < 1.29 is 29.0 Å². The molecule has 1 unspecified atom stereocenters. The summed E-state index contributed by atoms with van der Waals surface area (Å²) in [5.41, 5.74) is 3.35. The average molecular weight is 390 g/mol. The molecule has 1 atom stereocenters. The highest BCUT2D eigenvalue weighted by Crippen LogP contribution is 2.30. The fourth-order valence-corrected chi connectivity index (χ4v) is 3.29. The van der Waals surface area contributed by atoms with Crippen LogP contribution in [-0.2, 0) is 11.4 Å². The summed E-state index contributed by atoms with van der Waals surface area (Å²) in [7, 11) is 0. The Bertz CT molecular complexity index is 993. The number of rotatable bonds is 7. The number of aliphatic carboxylic acids is 1. The summed E-state index contributed by atoms with van der Waals surface area (Å²) in [5.74, 6) is -1.06. The van der Waals surface area contributed by atoms with Crippen LogP contribution in [0.15, 0.2) is 28.1 Å². The van der Waals surface area contributed by atoms with Crippen LogP contribution in [0.25, 0.3) is 11.0 Å². The highest BCUT2D eigenvalue weighted by Gasteiger charge is 2.24. The molecule has 0 spiro atoms. The lowest BCUT2D eigenvalue weighted by Gasteiger charge is -2.11. The molecule has 1 amide bonds. The molecule has 9 heteroatoms. The van der Waals surface area contributed by atoms with Gasteiger partial charge in [0.2, 0.25) is 0 Å². The zero-order valence-corrected chi connectivity index (χ0v) is 15.5. The number of nitrogens with zero attached hydrogens (tertiary/aromatic N) is 1. The fourth-order valence-electron chi connectivity index (χ4n) is 2.60. The molecule has 0 aliphatic carbocycles. The molecule has 0 saturated carbocycles. The Balaban J connectivity index is 1.87. The molecule has 27 heavy (non-hydrogen) atoms. The number of nitrogens with one attached hydrogen (secondary N) is 1. The minimum atomic E-state index is -1.39. The average Bonchev–Trinajstić information content (AvgIpc) is 3.18. The molecule has 0 radical (unpaired) electrons. The first-order valence-electron chi connectivity index (χ1n) is 8.10. The van der Waals surface area contributed by atoms with Gasteiger partial charge in [-0.25, -0.2) is 9.78 Å². The molecule has 2 heterocycles. The lowest BCUT2D eigenvalue weighted by Crippen LogP contribution is -2.43. The van der Waals surface area contributed by atoms with Gasteiger partial charge < -0.3 is 24.7 Å². The van der Waals surface area contributed by atoms with Gasteiger partial charge in [0.25, 0.3) is 5.91 Å². The largest absolute Gasteiger partial charge is 0.488 e.